The number of pyridine rings is 1. The molecule has 2 aromatic carbocycles. The van der Waals surface area contributed by atoms with Crippen LogP contribution in [0.3, 0.4) is 0 Å². The number of rotatable bonds is 6. The van der Waals surface area contributed by atoms with Crippen LogP contribution in [0.2, 0.25) is 0 Å². The quantitative estimate of drug-likeness (QED) is 0.477. The Kier molecular flexibility index (Phi) is 5.23. The van der Waals surface area contributed by atoms with E-state index in [1.807, 2.05) is 18.2 Å². The summed E-state index contributed by atoms with van der Waals surface area (Å²) in [6.07, 6.45) is 3.35. The normalized spacial score (nSPS) is 13.0. The highest BCUT2D eigenvalue weighted by Gasteiger charge is 2.28. The molecule has 0 spiro atoms. The molecule has 0 atom stereocenters. The third-order valence-electron chi connectivity index (χ3n) is 5.60. The molecule has 33 heavy (non-hydrogen) atoms. The van der Waals surface area contributed by atoms with Gasteiger partial charge in [0.25, 0.3) is 5.91 Å². The molecule has 1 aliphatic carbocycles. The minimum Gasteiger partial charge on any atom is -0.474 e. The molecule has 1 fully saturated rings. The maximum Gasteiger partial charge on any atom is 0.272 e. The Morgan fingerprint density at radius 3 is 2.79 bits per heavy atom. The monoisotopic (exact) mass is 441 g/mol. The third-order valence-corrected chi connectivity index (χ3v) is 5.60. The highest BCUT2D eigenvalue weighted by atomic mass is 19.1. The van der Waals surface area contributed by atoms with Crippen molar-refractivity contribution in [2.75, 3.05) is 7.05 Å². The van der Waals surface area contributed by atoms with Gasteiger partial charge in [0.15, 0.2) is 0 Å². The zero-order chi connectivity index (χ0) is 22.9. The SMILES string of the molecule is CN(Cc1ccc(C#N)c2cn[nH]c12)C(=O)c1cc(F)c(-c2ccccc2)c(OC2CC2)n1. The van der Waals surface area contributed by atoms with Gasteiger partial charge in [-0.25, -0.2) is 9.37 Å². The molecule has 7 nitrogen and oxygen atoms in total. The van der Waals surface area contributed by atoms with E-state index in [9.17, 15) is 10.1 Å². The molecule has 164 valence electrons. The Bertz CT molecular complexity index is 1390. The molecule has 0 unspecified atom stereocenters. The molecule has 5 rings (SSSR count). The van der Waals surface area contributed by atoms with Crippen LogP contribution in [0.1, 0.15) is 34.5 Å². The molecule has 0 aliphatic heterocycles. The zero-order valence-corrected chi connectivity index (χ0v) is 17.9. The number of amides is 1. The first-order chi connectivity index (χ1) is 16.0. The van der Waals surface area contributed by atoms with E-state index in [0.29, 0.717) is 22.0 Å². The summed E-state index contributed by atoms with van der Waals surface area (Å²) in [6, 6.07) is 15.8. The molecule has 2 heterocycles. The van der Waals surface area contributed by atoms with E-state index in [4.69, 9.17) is 4.74 Å². The van der Waals surface area contributed by atoms with Gasteiger partial charge in [-0.2, -0.15) is 10.4 Å². The number of halogens is 1. The summed E-state index contributed by atoms with van der Waals surface area (Å²) >= 11 is 0. The lowest BCUT2D eigenvalue weighted by atomic mass is 10.1. The number of nitriles is 1. The summed E-state index contributed by atoms with van der Waals surface area (Å²) in [7, 11) is 1.62. The largest absolute Gasteiger partial charge is 0.474 e. The number of aromatic nitrogens is 3. The van der Waals surface area contributed by atoms with Gasteiger partial charge in [0, 0.05) is 25.0 Å². The molecule has 1 aliphatic rings. The number of nitrogens with zero attached hydrogens (tertiary/aromatic N) is 4. The lowest BCUT2D eigenvalue weighted by Crippen LogP contribution is -2.27. The molecule has 1 N–H and O–H groups in total. The van der Waals surface area contributed by atoms with Crippen LogP contribution in [0, 0.1) is 17.1 Å². The lowest BCUT2D eigenvalue weighted by Gasteiger charge is -2.19. The number of aromatic amines is 1. The van der Waals surface area contributed by atoms with E-state index < -0.39 is 11.7 Å². The van der Waals surface area contributed by atoms with Crippen molar-refractivity contribution in [2.45, 2.75) is 25.5 Å². The molecule has 8 heteroatoms. The summed E-state index contributed by atoms with van der Waals surface area (Å²) in [5.74, 6) is -0.862. The van der Waals surface area contributed by atoms with Crippen molar-refractivity contribution in [1.29, 1.82) is 5.26 Å². The summed E-state index contributed by atoms with van der Waals surface area (Å²) in [4.78, 5) is 19.0. The van der Waals surface area contributed by atoms with Crippen molar-refractivity contribution in [3.8, 4) is 23.1 Å². The molecule has 0 bridgehead atoms. The van der Waals surface area contributed by atoms with Crippen LogP contribution < -0.4 is 4.74 Å². The van der Waals surface area contributed by atoms with Gasteiger partial charge < -0.3 is 9.64 Å². The highest BCUT2D eigenvalue weighted by Crippen LogP contribution is 2.36. The predicted octanol–water partition coefficient (Wildman–Crippen LogP) is 4.45. The number of fused-ring (bicyclic) bond motifs is 1. The number of hydrogen-bond donors (Lipinski definition) is 1. The van der Waals surface area contributed by atoms with Crippen molar-refractivity contribution in [3.63, 3.8) is 0 Å². The summed E-state index contributed by atoms with van der Waals surface area (Å²) < 4.78 is 21.1. The molecular formula is C25H20FN5O2. The van der Waals surface area contributed by atoms with E-state index in [0.717, 1.165) is 24.5 Å². The number of nitrogens with one attached hydrogen (secondary N) is 1. The fourth-order valence-corrected chi connectivity index (χ4v) is 3.74. The zero-order valence-electron chi connectivity index (χ0n) is 17.9. The van der Waals surface area contributed by atoms with Crippen LogP contribution in [0.5, 0.6) is 5.88 Å². The minimum absolute atomic E-state index is 0.00486. The van der Waals surface area contributed by atoms with Gasteiger partial charge in [0.1, 0.15) is 17.6 Å². The Hall–Kier alpha value is -4.25. The first kappa shape index (κ1) is 20.6. The maximum absolute atomic E-state index is 15.2. The first-order valence-electron chi connectivity index (χ1n) is 10.6. The number of carbonyl (C=O) groups is 1. The molecule has 1 saturated carbocycles. The maximum atomic E-state index is 15.2. The van der Waals surface area contributed by atoms with Crippen LogP contribution in [-0.2, 0) is 6.54 Å². The van der Waals surface area contributed by atoms with E-state index in [1.54, 1.807) is 37.5 Å². The Morgan fingerprint density at radius 2 is 2.06 bits per heavy atom. The van der Waals surface area contributed by atoms with Gasteiger partial charge >= 0.3 is 0 Å². The van der Waals surface area contributed by atoms with Gasteiger partial charge in [-0.3, -0.25) is 9.89 Å². The van der Waals surface area contributed by atoms with Crippen LogP contribution in [0.4, 0.5) is 4.39 Å². The number of benzene rings is 2. The Balaban J connectivity index is 1.46. The smallest absolute Gasteiger partial charge is 0.272 e. The molecule has 0 saturated heterocycles. The lowest BCUT2D eigenvalue weighted by molar-refractivity contribution is 0.0778. The van der Waals surface area contributed by atoms with E-state index in [2.05, 4.69) is 21.3 Å². The Morgan fingerprint density at radius 1 is 1.27 bits per heavy atom. The van der Waals surface area contributed by atoms with E-state index in [1.165, 1.54) is 4.90 Å². The first-order valence-corrected chi connectivity index (χ1v) is 10.6. The van der Waals surface area contributed by atoms with Crippen LogP contribution in [0.15, 0.2) is 54.7 Å². The fraction of sp³-hybridized carbons (Fsp3) is 0.200. The number of carbonyl (C=O) groups excluding carboxylic acids is 1. The molecule has 2 aromatic heterocycles. The van der Waals surface area contributed by atoms with E-state index in [-0.39, 0.29) is 29.8 Å². The number of hydrogen-bond acceptors (Lipinski definition) is 5. The van der Waals surface area contributed by atoms with Gasteiger partial charge in [-0.05, 0) is 30.0 Å². The molecule has 0 radical (unpaired) electrons. The summed E-state index contributed by atoms with van der Waals surface area (Å²) in [5.41, 5.74) is 2.84. The van der Waals surface area contributed by atoms with E-state index >= 15 is 4.39 Å². The van der Waals surface area contributed by atoms with Crippen LogP contribution >= 0.6 is 0 Å². The highest BCUT2D eigenvalue weighted by molar-refractivity contribution is 5.93. The number of ether oxygens (including phenoxy) is 1. The van der Waals surface area contributed by atoms with Crippen molar-refractivity contribution in [3.05, 3.63) is 77.4 Å². The second-order valence-electron chi connectivity index (χ2n) is 8.06. The molecule has 1 amide bonds. The average Bonchev–Trinajstić information content (AvgIpc) is 3.50. The second kappa shape index (κ2) is 8.36. The van der Waals surface area contributed by atoms with Gasteiger partial charge in [-0.1, -0.05) is 36.4 Å². The van der Waals surface area contributed by atoms with Gasteiger partial charge in [0.05, 0.1) is 28.9 Å². The van der Waals surface area contributed by atoms with Crippen molar-refractivity contribution >= 4 is 16.8 Å². The molecule has 4 aromatic rings. The molecular weight excluding hydrogens is 421 g/mol. The van der Waals surface area contributed by atoms with Crippen molar-refractivity contribution < 1.29 is 13.9 Å². The van der Waals surface area contributed by atoms with Gasteiger partial charge in [-0.15, -0.1) is 0 Å². The predicted molar refractivity (Wildman–Crippen MR) is 120 cm³/mol. The summed E-state index contributed by atoms with van der Waals surface area (Å²) in [6.45, 7) is 0.228. The van der Waals surface area contributed by atoms with Crippen LogP contribution in [-0.4, -0.2) is 39.1 Å². The third kappa shape index (κ3) is 4.01. The Labute approximate surface area is 189 Å². The van der Waals surface area contributed by atoms with Crippen LogP contribution in [0.25, 0.3) is 22.0 Å². The minimum atomic E-state index is -0.557. The van der Waals surface area contributed by atoms with Crippen molar-refractivity contribution in [1.82, 2.24) is 20.1 Å². The standard InChI is InChI=1S/C25H20FN5O2/c1-31(14-17-8-7-16(12-27)19-13-28-30-23(17)19)25(32)21-11-20(26)22(15-5-3-2-4-6-15)24(29-21)33-18-9-10-18/h2-8,11,13,18H,9-10,14H2,1H3,(H,28,30). The van der Waals surface area contributed by atoms with Crippen molar-refractivity contribution in [2.24, 2.45) is 0 Å². The second-order valence-corrected chi connectivity index (χ2v) is 8.06. The van der Waals surface area contributed by atoms with Gasteiger partial charge in [0.2, 0.25) is 5.88 Å². The summed E-state index contributed by atoms with van der Waals surface area (Å²) in [5, 5.41) is 16.9. The fourth-order valence-electron chi connectivity index (χ4n) is 3.74. The number of H-pyrrole nitrogens is 1. The topological polar surface area (TPSA) is 94.9 Å². The average molecular weight is 441 g/mol.